The molecule has 0 spiro atoms. The van der Waals surface area contributed by atoms with E-state index in [-0.39, 0.29) is 6.04 Å². The number of nitrogens with one attached hydrogen (secondary N) is 2. The zero-order valence-corrected chi connectivity index (χ0v) is 9.80. The molecule has 0 fully saturated rings. The van der Waals surface area contributed by atoms with E-state index in [2.05, 4.69) is 26.5 Å². The maximum atomic E-state index is 4.66. The van der Waals surface area contributed by atoms with Crippen LogP contribution < -0.4 is 5.32 Å². The predicted octanol–water partition coefficient (Wildman–Crippen LogP) is 1.29. The van der Waals surface area contributed by atoms with Gasteiger partial charge in [0.2, 0.25) is 0 Å². The van der Waals surface area contributed by atoms with Crippen molar-refractivity contribution in [2.45, 2.75) is 12.5 Å². The lowest BCUT2D eigenvalue weighted by Gasteiger charge is -2.21. The van der Waals surface area contributed by atoms with Crippen molar-refractivity contribution in [2.75, 3.05) is 6.54 Å². The van der Waals surface area contributed by atoms with Crippen molar-refractivity contribution >= 4 is 5.65 Å². The van der Waals surface area contributed by atoms with E-state index in [1.54, 1.807) is 6.33 Å². The average Bonchev–Trinajstić information content (AvgIpc) is 3.04. The fraction of sp³-hybridized carbons (Fsp3) is 0.231. The fourth-order valence-corrected chi connectivity index (χ4v) is 2.56. The summed E-state index contributed by atoms with van der Waals surface area (Å²) in [6.07, 6.45) is 6.84. The molecule has 4 rings (SSSR count). The molecule has 4 heterocycles. The second-order valence-electron chi connectivity index (χ2n) is 4.54. The number of aromatic amines is 1. The van der Waals surface area contributed by atoms with Gasteiger partial charge in [-0.05, 0) is 12.1 Å². The van der Waals surface area contributed by atoms with E-state index >= 15 is 0 Å². The second kappa shape index (κ2) is 3.68. The van der Waals surface area contributed by atoms with Crippen LogP contribution in [0.1, 0.15) is 23.1 Å². The molecule has 3 aromatic heterocycles. The van der Waals surface area contributed by atoms with Crippen LogP contribution in [-0.4, -0.2) is 25.9 Å². The number of aromatic nitrogens is 4. The van der Waals surface area contributed by atoms with Gasteiger partial charge in [0.15, 0.2) is 0 Å². The van der Waals surface area contributed by atoms with Crippen LogP contribution in [0.25, 0.3) is 5.65 Å². The lowest BCUT2D eigenvalue weighted by atomic mass is 10.0. The Morgan fingerprint density at radius 1 is 1.33 bits per heavy atom. The van der Waals surface area contributed by atoms with Crippen LogP contribution in [0.2, 0.25) is 0 Å². The van der Waals surface area contributed by atoms with Crippen molar-refractivity contribution in [1.82, 2.24) is 24.7 Å². The standard InChI is InChI=1S/C13H13N5/c1-2-6-18-7-10(17-11(18)3-1)13-12-9(4-5-14-13)15-8-16-12/h1-3,6-8,13-14H,4-5H2,(H,15,16). The fourth-order valence-electron chi connectivity index (χ4n) is 2.56. The Bertz CT molecular complexity index is 663. The number of pyridine rings is 1. The molecular formula is C13H13N5. The number of hydrogen-bond acceptors (Lipinski definition) is 3. The van der Waals surface area contributed by atoms with Gasteiger partial charge in [-0.25, -0.2) is 9.97 Å². The Kier molecular flexibility index (Phi) is 2.01. The van der Waals surface area contributed by atoms with Gasteiger partial charge in [0, 0.05) is 31.1 Å². The Balaban J connectivity index is 1.84. The van der Waals surface area contributed by atoms with Crippen LogP contribution in [0.3, 0.4) is 0 Å². The number of fused-ring (bicyclic) bond motifs is 2. The molecule has 0 bridgehead atoms. The summed E-state index contributed by atoms with van der Waals surface area (Å²) in [7, 11) is 0. The molecule has 90 valence electrons. The first-order chi connectivity index (χ1) is 8.92. The van der Waals surface area contributed by atoms with Crippen LogP contribution >= 0.6 is 0 Å². The third-order valence-electron chi connectivity index (χ3n) is 3.43. The van der Waals surface area contributed by atoms with Gasteiger partial charge < -0.3 is 14.7 Å². The monoisotopic (exact) mass is 239 g/mol. The molecule has 18 heavy (non-hydrogen) atoms. The molecule has 0 aromatic carbocycles. The molecule has 2 N–H and O–H groups in total. The van der Waals surface area contributed by atoms with E-state index in [1.165, 1.54) is 5.69 Å². The van der Waals surface area contributed by atoms with E-state index in [0.29, 0.717) is 0 Å². The molecule has 0 radical (unpaired) electrons. The number of H-pyrrole nitrogens is 1. The number of hydrogen-bond donors (Lipinski definition) is 2. The van der Waals surface area contributed by atoms with Crippen LogP contribution in [-0.2, 0) is 6.42 Å². The number of nitrogens with zero attached hydrogens (tertiary/aromatic N) is 3. The molecule has 3 aromatic rings. The Labute approximate surface area is 104 Å². The average molecular weight is 239 g/mol. The highest BCUT2D eigenvalue weighted by Crippen LogP contribution is 2.25. The Morgan fingerprint density at radius 2 is 2.33 bits per heavy atom. The van der Waals surface area contributed by atoms with Gasteiger partial charge in [-0.2, -0.15) is 0 Å². The summed E-state index contributed by atoms with van der Waals surface area (Å²) < 4.78 is 2.04. The third kappa shape index (κ3) is 1.37. The summed E-state index contributed by atoms with van der Waals surface area (Å²) in [5.74, 6) is 0. The zero-order chi connectivity index (χ0) is 11.9. The summed E-state index contributed by atoms with van der Waals surface area (Å²) in [6.45, 7) is 0.952. The van der Waals surface area contributed by atoms with Crippen molar-refractivity contribution in [3.8, 4) is 0 Å². The highest BCUT2D eigenvalue weighted by molar-refractivity contribution is 5.42. The molecule has 0 saturated carbocycles. The molecule has 1 aliphatic rings. The number of imidazole rings is 2. The van der Waals surface area contributed by atoms with Crippen LogP contribution in [0.5, 0.6) is 0 Å². The zero-order valence-electron chi connectivity index (χ0n) is 9.80. The molecule has 0 amide bonds. The first-order valence-electron chi connectivity index (χ1n) is 6.11. The summed E-state index contributed by atoms with van der Waals surface area (Å²) in [4.78, 5) is 12.3. The number of rotatable bonds is 1. The second-order valence-corrected chi connectivity index (χ2v) is 4.54. The van der Waals surface area contributed by atoms with Crippen molar-refractivity contribution < 1.29 is 0 Å². The Hall–Kier alpha value is -2.14. The van der Waals surface area contributed by atoms with Crippen LogP contribution in [0.15, 0.2) is 36.9 Å². The van der Waals surface area contributed by atoms with Gasteiger partial charge in [0.05, 0.1) is 23.8 Å². The van der Waals surface area contributed by atoms with E-state index in [9.17, 15) is 0 Å². The largest absolute Gasteiger partial charge is 0.348 e. The molecule has 1 atom stereocenters. The first-order valence-corrected chi connectivity index (χ1v) is 6.11. The van der Waals surface area contributed by atoms with E-state index in [0.717, 1.165) is 30.0 Å². The highest BCUT2D eigenvalue weighted by atomic mass is 15.1. The minimum atomic E-state index is 0.0971. The first kappa shape index (κ1) is 9.85. The topological polar surface area (TPSA) is 58.0 Å². The summed E-state index contributed by atoms with van der Waals surface area (Å²) in [5, 5.41) is 3.48. The smallest absolute Gasteiger partial charge is 0.137 e. The maximum Gasteiger partial charge on any atom is 0.137 e. The minimum absolute atomic E-state index is 0.0971. The van der Waals surface area contributed by atoms with Gasteiger partial charge in [0.25, 0.3) is 0 Å². The van der Waals surface area contributed by atoms with E-state index in [1.807, 2.05) is 28.8 Å². The van der Waals surface area contributed by atoms with Crippen molar-refractivity contribution in [2.24, 2.45) is 0 Å². The quantitative estimate of drug-likeness (QED) is 0.673. The van der Waals surface area contributed by atoms with Crippen molar-refractivity contribution in [3.05, 3.63) is 54.0 Å². The van der Waals surface area contributed by atoms with E-state index in [4.69, 9.17) is 0 Å². The predicted molar refractivity (Wildman–Crippen MR) is 67.3 cm³/mol. The van der Waals surface area contributed by atoms with Gasteiger partial charge in [0.1, 0.15) is 5.65 Å². The third-order valence-corrected chi connectivity index (χ3v) is 3.43. The molecular weight excluding hydrogens is 226 g/mol. The minimum Gasteiger partial charge on any atom is -0.348 e. The SMILES string of the molecule is c1ccn2cc(C3NCCc4[nH]cnc43)nc2c1. The van der Waals surface area contributed by atoms with Crippen LogP contribution in [0.4, 0.5) is 0 Å². The Morgan fingerprint density at radius 3 is 3.28 bits per heavy atom. The molecule has 1 unspecified atom stereocenters. The summed E-state index contributed by atoms with van der Waals surface area (Å²) in [6, 6.07) is 6.12. The summed E-state index contributed by atoms with van der Waals surface area (Å²) in [5.41, 5.74) is 4.28. The molecule has 0 aliphatic carbocycles. The van der Waals surface area contributed by atoms with Gasteiger partial charge in [-0.3, -0.25) is 0 Å². The van der Waals surface area contributed by atoms with Gasteiger partial charge in [-0.15, -0.1) is 0 Å². The molecule has 5 nitrogen and oxygen atoms in total. The summed E-state index contributed by atoms with van der Waals surface area (Å²) >= 11 is 0. The van der Waals surface area contributed by atoms with Gasteiger partial charge >= 0.3 is 0 Å². The molecule has 5 heteroatoms. The van der Waals surface area contributed by atoms with Crippen molar-refractivity contribution in [1.29, 1.82) is 0 Å². The maximum absolute atomic E-state index is 4.66. The van der Waals surface area contributed by atoms with Gasteiger partial charge in [-0.1, -0.05) is 6.07 Å². The molecule has 1 aliphatic heterocycles. The highest BCUT2D eigenvalue weighted by Gasteiger charge is 2.25. The van der Waals surface area contributed by atoms with Crippen molar-refractivity contribution in [3.63, 3.8) is 0 Å². The molecule has 0 saturated heterocycles. The van der Waals surface area contributed by atoms with Crippen LogP contribution in [0, 0.1) is 0 Å². The van der Waals surface area contributed by atoms with E-state index < -0.39 is 0 Å². The lowest BCUT2D eigenvalue weighted by molar-refractivity contribution is 0.545. The normalized spacial score (nSPS) is 19.0. The lowest BCUT2D eigenvalue weighted by Crippen LogP contribution is -2.30.